The van der Waals surface area contributed by atoms with Gasteiger partial charge in [0.15, 0.2) is 0 Å². The molecule has 3 heterocycles. The van der Waals surface area contributed by atoms with Crippen LogP contribution < -0.4 is 5.32 Å². The van der Waals surface area contributed by atoms with Crippen LogP contribution in [0.15, 0.2) is 61.1 Å². The molecule has 0 aliphatic carbocycles. The Morgan fingerprint density at radius 2 is 2.04 bits per heavy atom. The minimum Gasteiger partial charge on any atom is -0.324 e. The van der Waals surface area contributed by atoms with Gasteiger partial charge in [-0.05, 0) is 61.4 Å². The maximum absolute atomic E-state index is 13.7. The van der Waals surface area contributed by atoms with Crippen molar-refractivity contribution in [2.24, 2.45) is 0 Å². The van der Waals surface area contributed by atoms with Crippen LogP contribution in [-0.4, -0.2) is 20.3 Å². The van der Waals surface area contributed by atoms with Gasteiger partial charge in [-0.2, -0.15) is 0 Å². The smallest absolute Gasteiger partial charge is 0.230 e. The van der Waals surface area contributed by atoms with Crippen molar-refractivity contribution in [1.82, 2.24) is 14.4 Å². The highest BCUT2D eigenvalue weighted by atomic mass is 19.1. The number of amides is 1. The van der Waals surface area contributed by atoms with Gasteiger partial charge in [0.2, 0.25) is 5.91 Å². The van der Waals surface area contributed by atoms with E-state index in [2.05, 4.69) is 10.3 Å². The molecule has 4 aromatic rings. The summed E-state index contributed by atoms with van der Waals surface area (Å²) in [6.07, 6.45) is 5.33. The quantitative estimate of drug-likeness (QED) is 0.578. The molecule has 1 aromatic carbocycles. The number of rotatable bonds is 4. The summed E-state index contributed by atoms with van der Waals surface area (Å²) in [4.78, 5) is 21.4. The van der Waals surface area contributed by atoms with Gasteiger partial charge in [0.05, 0.1) is 29.7 Å². The van der Waals surface area contributed by atoms with E-state index in [4.69, 9.17) is 4.98 Å². The molecule has 3 aromatic heterocycles. The third-order valence-electron chi connectivity index (χ3n) is 4.57. The van der Waals surface area contributed by atoms with Crippen molar-refractivity contribution in [3.05, 3.63) is 83.7 Å². The Hall–Kier alpha value is -3.54. The van der Waals surface area contributed by atoms with Crippen molar-refractivity contribution in [2.45, 2.75) is 20.3 Å². The number of halogens is 1. The predicted molar refractivity (Wildman–Crippen MR) is 107 cm³/mol. The molecule has 5 nitrogen and oxygen atoms in total. The van der Waals surface area contributed by atoms with E-state index in [1.807, 2.05) is 29.7 Å². The van der Waals surface area contributed by atoms with Crippen LogP contribution in [0.25, 0.3) is 16.9 Å². The van der Waals surface area contributed by atoms with Crippen LogP contribution in [0, 0.1) is 19.7 Å². The first kappa shape index (κ1) is 17.9. The number of benzene rings is 1. The SMILES string of the molecule is Cc1ccc2nc(-c3ccc(F)c(C)c3)c(CC(=O)Nc3cccnc3)n2c1. The van der Waals surface area contributed by atoms with Crippen LogP contribution in [0.3, 0.4) is 0 Å². The summed E-state index contributed by atoms with van der Waals surface area (Å²) in [5, 5.41) is 2.86. The third kappa shape index (κ3) is 3.49. The van der Waals surface area contributed by atoms with Gasteiger partial charge < -0.3 is 9.72 Å². The predicted octanol–water partition coefficient (Wildman–Crippen LogP) is 4.33. The van der Waals surface area contributed by atoms with Gasteiger partial charge in [-0.3, -0.25) is 9.78 Å². The molecule has 0 fully saturated rings. The molecule has 0 saturated carbocycles. The summed E-state index contributed by atoms with van der Waals surface area (Å²) < 4.78 is 15.7. The second-order valence-corrected chi connectivity index (χ2v) is 6.77. The molecule has 28 heavy (non-hydrogen) atoms. The summed E-state index contributed by atoms with van der Waals surface area (Å²) >= 11 is 0. The number of nitrogens with one attached hydrogen (secondary N) is 1. The van der Waals surface area contributed by atoms with E-state index >= 15 is 0 Å². The molecule has 0 unspecified atom stereocenters. The molecule has 1 amide bonds. The fourth-order valence-corrected chi connectivity index (χ4v) is 3.19. The lowest BCUT2D eigenvalue weighted by Gasteiger charge is -2.08. The highest BCUT2D eigenvalue weighted by Gasteiger charge is 2.18. The van der Waals surface area contributed by atoms with Gasteiger partial charge >= 0.3 is 0 Å². The van der Waals surface area contributed by atoms with Gasteiger partial charge in [0.25, 0.3) is 0 Å². The maximum atomic E-state index is 13.7. The van der Waals surface area contributed by atoms with Crippen molar-refractivity contribution < 1.29 is 9.18 Å². The maximum Gasteiger partial charge on any atom is 0.230 e. The highest BCUT2D eigenvalue weighted by molar-refractivity contribution is 5.93. The Balaban J connectivity index is 1.77. The van der Waals surface area contributed by atoms with E-state index in [9.17, 15) is 9.18 Å². The molecular weight excluding hydrogens is 355 g/mol. The zero-order valence-electron chi connectivity index (χ0n) is 15.6. The largest absolute Gasteiger partial charge is 0.324 e. The van der Waals surface area contributed by atoms with E-state index in [1.165, 1.54) is 6.07 Å². The van der Waals surface area contributed by atoms with Crippen molar-refractivity contribution in [3.8, 4) is 11.3 Å². The number of nitrogens with zero attached hydrogens (tertiary/aromatic N) is 3. The number of pyridine rings is 2. The lowest BCUT2D eigenvalue weighted by Crippen LogP contribution is -2.16. The third-order valence-corrected chi connectivity index (χ3v) is 4.57. The van der Waals surface area contributed by atoms with Crippen LogP contribution in [0.4, 0.5) is 10.1 Å². The number of anilines is 1. The van der Waals surface area contributed by atoms with E-state index < -0.39 is 0 Å². The molecule has 0 radical (unpaired) electrons. The molecule has 0 aliphatic heterocycles. The average molecular weight is 374 g/mol. The summed E-state index contributed by atoms with van der Waals surface area (Å²) in [6.45, 7) is 3.70. The number of imidazole rings is 1. The summed E-state index contributed by atoms with van der Waals surface area (Å²) in [5.41, 5.74) is 5.19. The van der Waals surface area contributed by atoms with Crippen molar-refractivity contribution >= 4 is 17.2 Å². The molecule has 0 bridgehead atoms. The van der Waals surface area contributed by atoms with Gasteiger partial charge in [-0.25, -0.2) is 9.37 Å². The van der Waals surface area contributed by atoms with Crippen LogP contribution in [-0.2, 0) is 11.2 Å². The second kappa shape index (κ2) is 7.23. The second-order valence-electron chi connectivity index (χ2n) is 6.77. The Morgan fingerprint density at radius 3 is 2.79 bits per heavy atom. The van der Waals surface area contributed by atoms with Crippen LogP contribution in [0.1, 0.15) is 16.8 Å². The number of carbonyl (C=O) groups excluding carboxylic acids is 1. The van der Waals surface area contributed by atoms with Gasteiger partial charge in [-0.1, -0.05) is 6.07 Å². The van der Waals surface area contributed by atoms with E-state index in [-0.39, 0.29) is 18.1 Å². The number of aromatic nitrogens is 3. The summed E-state index contributed by atoms with van der Waals surface area (Å²) in [5.74, 6) is -0.435. The monoisotopic (exact) mass is 374 g/mol. The Labute approximate surface area is 161 Å². The lowest BCUT2D eigenvalue weighted by molar-refractivity contribution is -0.115. The lowest BCUT2D eigenvalue weighted by atomic mass is 10.1. The Morgan fingerprint density at radius 1 is 1.18 bits per heavy atom. The van der Waals surface area contributed by atoms with Gasteiger partial charge in [0, 0.05) is 18.0 Å². The molecule has 1 N–H and O–H groups in total. The number of hydrogen-bond acceptors (Lipinski definition) is 3. The van der Waals surface area contributed by atoms with Crippen LogP contribution in [0.2, 0.25) is 0 Å². The van der Waals surface area contributed by atoms with E-state index in [0.717, 1.165) is 22.5 Å². The molecule has 4 rings (SSSR count). The van der Waals surface area contributed by atoms with Crippen molar-refractivity contribution in [1.29, 1.82) is 0 Å². The number of carbonyl (C=O) groups is 1. The van der Waals surface area contributed by atoms with E-state index in [1.54, 1.807) is 43.6 Å². The first-order chi connectivity index (χ1) is 13.5. The van der Waals surface area contributed by atoms with E-state index in [0.29, 0.717) is 16.9 Å². The topological polar surface area (TPSA) is 59.3 Å². The molecule has 0 atom stereocenters. The molecule has 0 spiro atoms. The normalized spacial score (nSPS) is 11.0. The molecular formula is C22H19FN4O. The average Bonchev–Trinajstić information content (AvgIpc) is 3.02. The van der Waals surface area contributed by atoms with Crippen molar-refractivity contribution in [3.63, 3.8) is 0 Å². The molecule has 0 saturated heterocycles. The minimum atomic E-state index is -0.265. The zero-order valence-corrected chi connectivity index (χ0v) is 15.6. The molecule has 6 heteroatoms. The standard InChI is InChI=1S/C22H19FN4O/c1-14-5-8-20-26-22(16-6-7-18(23)15(2)10-16)19(27(20)13-14)11-21(28)25-17-4-3-9-24-12-17/h3-10,12-13H,11H2,1-2H3,(H,25,28). The van der Waals surface area contributed by atoms with Gasteiger partial charge in [-0.15, -0.1) is 0 Å². The molecule has 140 valence electrons. The van der Waals surface area contributed by atoms with Crippen LogP contribution in [0.5, 0.6) is 0 Å². The number of aryl methyl sites for hydroxylation is 2. The number of hydrogen-bond donors (Lipinski definition) is 1. The minimum absolute atomic E-state index is 0.130. The Kier molecular flexibility index (Phi) is 4.61. The zero-order chi connectivity index (χ0) is 19.7. The highest BCUT2D eigenvalue weighted by Crippen LogP contribution is 2.27. The summed E-state index contributed by atoms with van der Waals surface area (Å²) in [7, 11) is 0. The Bertz CT molecular complexity index is 1170. The van der Waals surface area contributed by atoms with Gasteiger partial charge in [0.1, 0.15) is 11.5 Å². The summed E-state index contributed by atoms with van der Waals surface area (Å²) in [6, 6.07) is 12.3. The van der Waals surface area contributed by atoms with Crippen molar-refractivity contribution in [2.75, 3.05) is 5.32 Å². The number of fused-ring (bicyclic) bond motifs is 1. The fourth-order valence-electron chi connectivity index (χ4n) is 3.19. The van der Waals surface area contributed by atoms with Crippen LogP contribution >= 0.6 is 0 Å². The molecule has 0 aliphatic rings. The first-order valence-electron chi connectivity index (χ1n) is 8.95. The fraction of sp³-hybridized carbons (Fsp3) is 0.136. The first-order valence-corrected chi connectivity index (χ1v) is 8.95.